The normalized spacial score (nSPS) is 25.2. The first-order valence-corrected chi connectivity index (χ1v) is 8.84. The van der Waals surface area contributed by atoms with E-state index in [0.29, 0.717) is 24.9 Å². The van der Waals surface area contributed by atoms with Crippen molar-refractivity contribution >= 4 is 16.2 Å². The smallest absolute Gasteiger partial charge is 0.304 e. The number of hydrogen-bond acceptors (Lipinski definition) is 3. The summed E-state index contributed by atoms with van der Waals surface area (Å²) in [7, 11) is -3.64. The molecule has 0 aromatic heterocycles. The molecule has 0 amide bonds. The Morgan fingerprint density at radius 2 is 1.71 bits per heavy atom. The molecule has 1 aliphatic heterocycles. The van der Waals surface area contributed by atoms with Crippen molar-refractivity contribution in [2.45, 2.75) is 53.0 Å². The first-order chi connectivity index (χ1) is 9.44. The molecule has 0 bridgehead atoms. The van der Waals surface area contributed by atoms with E-state index < -0.39 is 21.7 Å². The van der Waals surface area contributed by atoms with Gasteiger partial charge in [-0.05, 0) is 39.0 Å². The fourth-order valence-corrected chi connectivity index (χ4v) is 5.11. The first-order valence-electron chi connectivity index (χ1n) is 7.44. The summed E-state index contributed by atoms with van der Waals surface area (Å²) in [6.45, 7) is 10.5. The second-order valence-corrected chi connectivity index (χ2v) is 9.01. The number of carboxylic acid groups (broad SMARTS) is 1. The third-order valence-electron chi connectivity index (χ3n) is 3.72. The number of nitrogens with zero attached hydrogens (tertiary/aromatic N) is 2. The summed E-state index contributed by atoms with van der Waals surface area (Å²) in [6.07, 6.45) is 0.839. The number of aliphatic carboxylic acids is 1. The van der Waals surface area contributed by atoms with Crippen LogP contribution < -0.4 is 0 Å². The van der Waals surface area contributed by atoms with Crippen LogP contribution in [0.25, 0.3) is 0 Å². The van der Waals surface area contributed by atoms with Gasteiger partial charge in [-0.3, -0.25) is 4.79 Å². The van der Waals surface area contributed by atoms with Crippen LogP contribution in [-0.2, 0) is 15.0 Å². The second kappa shape index (κ2) is 6.62. The third kappa shape index (κ3) is 4.93. The largest absolute Gasteiger partial charge is 0.481 e. The fourth-order valence-electron chi connectivity index (χ4n) is 2.93. The zero-order valence-corrected chi connectivity index (χ0v) is 14.5. The Morgan fingerprint density at radius 3 is 2.10 bits per heavy atom. The van der Waals surface area contributed by atoms with E-state index >= 15 is 0 Å². The van der Waals surface area contributed by atoms with Gasteiger partial charge in [-0.15, -0.1) is 0 Å². The Kier molecular flexibility index (Phi) is 5.80. The number of carbonyl (C=O) groups is 1. The van der Waals surface area contributed by atoms with E-state index in [0.717, 1.165) is 6.42 Å². The van der Waals surface area contributed by atoms with Gasteiger partial charge in [0, 0.05) is 25.2 Å². The van der Waals surface area contributed by atoms with Crippen molar-refractivity contribution in [3.8, 4) is 0 Å². The van der Waals surface area contributed by atoms with E-state index in [1.54, 1.807) is 20.8 Å². The predicted octanol–water partition coefficient (Wildman–Crippen LogP) is 1.78. The van der Waals surface area contributed by atoms with E-state index in [2.05, 4.69) is 13.8 Å². The minimum Gasteiger partial charge on any atom is -0.481 e. The summed E-state index contributed by atoms with van der Waals surface area (Å²) in [6, 6.07) is 0. The number of carboxylic acids is 1. The van der Waals surface area contributed by atoms with Gasteiger partial charge in [-0.25, -0.2) is 0 Å². The van der Waals surface area contributed by atoms with Gasteiger partial charge in [0.05, 0.1) is 6.42 Å². The van der Waals surface area contributed by atoms with Crippen molar-refractivity contribution in [3.05, 3.63) is 0 Å². The molecule has 1 rings (SSSR count). The van der Waals surface area contributed by atoms with Gasteiger partial charge in [-0.1, -0.05) is 13.8 Å². The molecule has 7 heteroatoms. The Bertz CT molecular complexity index is 460. The van der Waals surface area contributed by atoms with E-state index in [1.807, 2.05) is 0 Å². The van der Waals surface area contributed by atoms with Crippen LogP contribution in [0.3, 0.4) is 0 Å². The van der Waals surface area contributed by atoms with Gasteiger partial charge in [0.15, 0.2) is 0 Å². The lowest BCUT2D eigenvalue weighted by molar-refractivity contribution is -0.137. The van der Waals surface area contributed by atoms with Crippen LogP contribution in [0.1, 0.15) is 47.5 Å². The van der Waals surface area contributed by atoms with Crippen LogP contribution in [0.2, 0.25) is 0 Å². The molecule has 0 aromatic carbocycles. The maximum atomic E-state index is 12.9. The molecule has 1 aliphatic rings. The van der Waals surface area contributed by atoms with Crippen molar-refractivity contribution < 1.29 is 18.3 Å². The lowest BCUT2D eigenvalue weighted by Crippen LogP contribution is -2.55. The highest BCUT2D eigenvalue weighted by Gasteiger charge is 2.39. The van der Waals surface area contributed by atoms with Gasteiger partial charge >= 0.3 is 5.97 Å². The zero-order chi connectivity index (χ0) is 16.4. The number of piperidine rings is 1. The number of hydrogen-bond donors (Lipinski definition) is 1. The average Bonchev–Trinajstić information content (AvgIpc) is 2.24. The van der Waals surface area contributed by atoms with E-state index in [1.165, 1.54) is 8.61 Å². The highest BCUT2D eigenvalue weighted by atomic mass is 32.2. The van der Waals surface area contributed by atoms with Crippen LogP contribution in [0.15, 0.2) is 0 Å². The standard InChI is InChI=1S/C14H28N2O4S/c1-11-8-12(2)10-15(9-11)21(19,20)16(14(3,4)5)7-6-13(17)18/h11-12H,6-10H2,1-5H3,(H,17,18). The Hall–Kier alpha value is -0.660. The Balaban J connectivity index is 3.00. The van der Waals surface area contributed by atoms with Crippen LogP contribution in [0, 0.1) is 11.8 Å². The molecule has 0 aromatic rings. The Labute approximate surface area is 128 Å². The molecule has 6 nitrogen and oxygen atoms in total. The van der Waals surface area contributed by atoms with Crippen molar-refractivity contribution in [2.75, 3.05) is 19.6 Å². The van der Waals surface area contributed by atoms with Gasteiger partial charge in [0.1, 0.15) is 0 Å². The van der Waals surface area contributed by atoms with E-state index in [-0.39, 0.29) is 13.0 Å². The minimum absolute atomic E-state index is 0.000425. The molecule has 0 aliphatic carbocycles. The van der Waals surface area contributed by atoms with Gasteiger partial charge in [-0.2, -0.15) is 17.0 Å². The second-order valence-electron chi connectivity index (χ2n) is 7.16. The van der Waals surface area contributed by atoms with Crippen LogP contribution in [-0.4, -0.2) is 53.3 Å². The first kappa shape index (κ1) is 18.4. The maximum Gasteiger partial charge on any atom is 0.304 e. The lowest BCUT2D eigenvalue weighted by atomic mass is 9.94. The molecule has 21 heavy (non-hydrogen) atoms. The molecule has 2 unspecified atom stereocenters. The summed E-state index contributed by atoms with van der Waals surface area (Å²) < 4.78 is 28.6. The van der Waals surface area contributed by atoms with Crippen molar-refractivity contribution in [2.24, 2.45) is 11.8 Å². The maximum absolute atomic E-state index is 12.9. The van der Waals surface area contributed by atoms with E-state index in [4.69, 9.17) is 5.11 Å². The van der Waals surface area contributed by atoms with Crippen LogP contribution >= 0.6 is 0 Å². The fraction of sp³-hybridized carbons (Fsp3) is 0.929. The van der Waals surface area contributed by atoms with Gasteiger partial charge in [0.25, 0.3) is 10.2 Å². The SMILES string of the molecule is CC1CC(C)CN(S(=O)(=O)N(CCC(=O)O)C(C)(C)C)C1. The molecule has 1 fully saturated rings. The molecule has 0 spiro atoms. The molecule has 0 radical (unpaired) electrons. The number of rotatable bonds is 5. The quantitative estimate of drug-likeness (QED) is 0.837. The van der Waals surface area contributed by atoms with Crippen LogP contribution in [0.4, 0.5) is 0 Å². The van der Waals surface area contributed by atoms with Gasteiger partial charge in [0.2, 0.25) is 0 Å². The molecular weight excluding hydrogens is 292 g/mol. The molecular formula is C14H28N2O4S. The molecule has 124 valence electrons. The topological polar surface area (TPSA) is 77.9 Å². The summed E-state index contributed by atoms with van der Waals surface area (Å²) >= 11 is 0. The molecule has 1 heterocycles. The molecule has 0 saturated carbocycles. The third-order valence-corrected chi connectivity index (χ3v) is 5.96. The lowest BCUT2D eigenvalue weighted by Gasteiger charge is -2.41. The molecule has 1 N–H and O–H groups in total. The van der Waals surface area contributed by atoms with Crippen molar-refractivity contribution in [3.63, 3.8) is 0 Å². The summed E-state index contributed by atoms with van der Waals surface area (Å²) in [5.74, 6) is -0.338. The monoisotopic (exact) mass is 320 g/mol. The van der Waals surface area contributed by atoms with Crippen LogP contribution in [0.5, 0.6) is 0 Å². The highest BCUT2D eigenvalue weighted by molar-refractivity contribution is 7.86. The minimum atomic E-state index is -3.64. The van der Waals surface area contributed by atoms with E-state index in [9.17, 15) is 13.2 Å². The summed E-state index contributed by atoms with van der Waals surface area (Å²) in [4.78, 5) is 10.8. The Morgan fingerprint density at radius 1 is 1.24 bits per heavy atom. The highest BCUT2D eigenvalue weighted by Crippen LogP contribution is 2.28. The molecule has 2 atom stereocenters. The average molecular weight is 320 g/mol. The summed E-state index contributed by atoms with van der Waals surface area (Å²) in [5.41, 5.74) is -0.641. The van der Waals surface area contributed by atoms with Crippen molar-refractivity contribution in [1.82, 2.24) is 8.61 Å². The van der Waals surface area contributed by atoms with Gasteiger partial charge < -0.3 is 5.11 Å². The zero-order valence-electron chi connectivity index (χ0n) is 13.7. The predicted molar refractivity (Wildman–Crippen MR) is 82.1 cm³/mol. The van der Waals surface area contributed by atoms with Crippen molar-refractivity contribution in [1.29, 1.82) is 0 Å². The molecule has 1 saturated heterocycles. The summed E-state index contributed by atoms with van der Waals surface area (Å²) in [5, 5.41) is 8.85.